The Morgan fingerprint density at radius 3 is 2.24 bits per heavy atom. The number of halogens is 1. The van der Waals surface area contributed by atoms with Crippen molar-refractivity contribution in [1.82, 2.24) is 0 Å². The van der Waals surface area contributed by atoms with E-state index in [1.54, 1.807) is 0 Å². The van der Waals surface area contributed by atoms with Crippen molar-refractivity contribution in [2.75, 3.05) is 0 Å². The lowest BCUT2D eigenvalue weighted by Crippen LogP contribution is -2.00. The van der Waals surface area contributed by atoms with E-state index in [2.05, 4.69) is 34.1 Å². The van der Waals surface area contributed by atoms with Gasteiger partial charge in [-0.2, -0.15) is 5.26 Å². The highest BCUT2D eigenvalue weighted by Gasteiger charge is 2.10. The molecule has 0 aromatic heterocycles. The van der Waals surface area contributed by atoms with Crippen LogP contribution in [0.1, 0.15) is 17.0 Å². The minimum atomic E-state index is -0.0782. The highest BCUT2D eigenvalue weighted by atomic mass is 79.9. The van der Waals surface area contributed by atoms with Gasteiger partial charge < -0.3 is 0 Å². The average Bonchev–Trinajstić information content (AvgIpc) is 2.38. The highest BCUT2D eigenvalue weighted by molar-refractivity contribution is 9.10. The molecule has 0 radical (unpaired) electrons. The number of hydrogen-bond acceptors (Lipinski definition) is 1. The molecule has 1 nitrogen and oxygen atoms in total. The van der Waals surface area contributed by atoms with Gasteiger partial charge in [0.05, 0.1) is 12.0 Å². The van der Waals surface area contributed by atoms with Crippen LogP contribution >= 0.6 is 15.9 Å². The van der Waals surface area contributed by atoms with E-state index in [0.29, 0.717) is 0 Å². The smallest absolute Gasteiger partial charge is 0.0753 e. The van der Waals surface area contributed by atoms with Gasteiger partial charge >= 0.3 is 0 Å². The maximum absolute atomic E-state index is 9.25. The van der Waals surface area contributed by atoms with Crippen LogP contribution in [0.2, 0.25) is 0 Å². The van der Waals surface area contributed by atoms with Gasteiger partial charge in [0.1, 0.15) is 0 Å². The van der Waals surface area contributed by atoms with Crippen LogP contribution in [-0.4, -0.2) is 0 Å². The summed E-state index contributed by atoms with van der Waals surface area (Å²) in [5, 5.41) is 9.25. The van der Waals surface area contributed by atoms with Crippen LogP contribution in [0, 0.1) is 11.3 Å². The maximum Gasteiger partial charge on any atom is 0.0753 e. The van der Waals surface area contributed by atoms with E-state index in [9.17, 15) is 5.26 Å². The monoisotopic (exact) mass is 285 g/mol. The van der Waals surface area contributed by atoms with Gasteiger partial charge in [-0.25, -0.2) is 0 Å². The predicted molar refractivity (Wildman–Crippen MR) is 72.6 cm³/mol. The molecular weight excluding hydrogens is 274 g/mol. The zero-order valence-electron chi connectivity index (χ0n) is 9.31. The van der Waals surface area contributed by atoms with E-state index in [4.69, 9.17) is 0 Å². The molecule has 84 valence electrons. The minimum Gasteiger partial charge on any atom is -0.198 e. The van der Waals surface area contributed by atoms with Crippen molar-refractivity contribution in [3.05, 3.63) is 70.2 Å². The standard InChI is InChI=1S/C15H12BrN/c16-15-8-6-13(7-9-15)14(11-17)10-12-4-2-1-3-5-12/h1-9,14H,10H2. The first-order valence-electron chi connectivity index (χ1n) is 5.48. The van der Waals surface area contributed by atoms with Crippen molar-refractivity contribution in [1.29, 1.82) is 5.26 Å². The lowest BCUT2D eigenvalue weighted by Gasteiger charge is -2.09. The van der Waals surface area contributed by atoms with Gasteiger partial charge in [-0.1, -0.05) is 58.4 Å². The number of nitrogens with zero attached hydrogens (tertiary/aromatic N) is 1. The Kier molecular flexibility index (Phi) is 3.95. The second-order valence-corrected chi connectivity index (χ2v) is 4.84. The summed E-state index contributed by atoms with van der Waals surface area (Å²) in [4.78, 5) is 0. The number of hydrogen-bond donors (Lipinski definition) is 0. The third-order valence-electron chi connectivity index (χ3n) is 2.71. The summed E-state index contributed by atoms with van der Waals surface area (Å²) < 4.78 is 1.04. The van der Waals surface area contributed by atoms with Gasteiger partial charge in [0.15, 0.2) is 0 Å². The SMILES string of the molecule is N#CC(Cc1ccccc1)c1ccc(Br)cc1. The van der Waals surface area contributed by atoms with E-state index < -0.39 is 0 Å². The fourth-order valence-corrected chi connectivity index (χ4v) is 2.05. The molecule has 2 aromatic carbocycles. The van der Waals surface area contributed by atoms with E-state index in [0.717, 1.165) is 16.5 Å². The summed E-state index contributed by atoms with van der Waals surface area (Å²) >= 11 is 3.40. The second-order valence-electron chi connectivity index (χ2n) is 3.92. The zero-order valence-corrected chi connectivity index (χ0v) is 10.9. The quantitative estimate of drug-likeness (QED) is 0.825. The van der Waals surface area contributed by atoms with E-state index in [1.165, 1.54) is 5.56 Å². The first kappa shape index (κ1) is 11.9. The summed E-state index contributed by atoms with van der Waals surface area (Å²) in [6.07, 6.45) is 0.763. The number of rotatable bonds is 3. The topological polar surface area (TPSA) is 23.8 Å². The van der Waals surface area contributed by atoms with Crippen molar-refractivity contribution in [3.63, 3.8) is 0 Å². The molecule has 0 aliphatic carbocycles. The summed E-state index contributed by atoms with van der Waals surface area (Å²) in [5.41, 5.74) is 2.27. The number of benzene rings is 2. The van der Waals surface area contributed by atoms with Crippen molar-refractivity contribution in [2.45, 2.75) is 12.3 Å². The summed E-state index contributed by atoms with van der Waals surface area (Å²) in [6, 6.07) is 20.4. The van der Waals surface area contributed by atoms with Gasteiger partial charge in [-0.15, -0.1) is 0 Å². The maximum atomic E-state index is 9.25. The van der Waals surface area contributed by atoms with Gasteiger partial charge in [0.2, 0.25) is 0 Å². The molecule has 0 amide bonds. The molecule has 0 bridgehead atoms. The first-order chi connectivity index (χ1) is 8.29. The van der Waals surface area contributed by atoms with Gasteiger partial charge in [0.25, 0.3) is 0 Å². The van der Waals surface area contributed by atoms with E-state index in [1.807, 2.05) is 42.5 Å². The molecule has 2 aromatic rings. The largest absolute Gasteiger partial charge is 0.198 e. The van der Waals surface area contributed by atoms with Gasteiger partial charge in [-0.3, -0.25) is 0 Å². The number of nitriles is 1. The average molecular weight is 286 g/mol. The predicted octanol–water partition coefficient (Wildman–Crippen LogP) is 4.30. The first-order valence-corrected chi connectivity index (χ1v) is 6.28. The van der Waals surface area contributed by atoms with Crippen molar-refractivity contribution in [3.8, 4) is 6.07 Å². The van der Waals surface area contributed by atoms with Crippen LogP contribution in [0.5, 0.6) is 0 Å². The van der Waals surface area contributed by atoms with Crippen LogP contribution in [0.3, 0.4) is 0 Å². The molecule has 2 heteroatoms. The van der Waals surface area contributed by atoms with Crippen molar-refractivity contribution < 1.29 is 0 Å². The second kappa shape index (κ2) is 5.65. The Bertz CT molecular complexity index is 511. The fourth-order valence-electron chi connectivity index (χ4n) is 1.78. The molecule has 0 heterocycles. The van der Waals surface area contributed by atoms with Crippen LogP contribution in [0.15, 0.2) is 59.1 Å². The fraction of sp³-hybridized carbons (Fsp3) is 0.133. The zero-order chi connectivity index (χ0) is 12.1. The van der Waals surface area contributed by atoms with Crippen LogP contribution < -0.4 is 0 Å². The molecule has 17 heavy (non-hydrogen) atoms. The third kappa shape index (κ3) is 3.18. The van der Waals surface area contributed by atoms with Crippen LogP contribution in [0.4, 0.5) is 0 Å². The third-order valence-corrected chi connectivity index (χ3v) is 3.24. The molecule has 0 saturated carbocycles. The summed E-state index contributed by atoms with van der Waals surface area (Å²) in [6.45, 7) is 0. The van der Waals surface area contributed by atoms with Crippen LogP contribution in [-0.2, 0) is 6.42 Å². The molecule has 0 fully saturated rings. The molecule has 1 atom stereocenters. The molecule has 0 aliphatic heterocycles. The molecule has 0 N–H and O–H groups in total. The Balaban J connectivity index is 2.18. The van der Waals surface area contributed by atoms with Gasteiger partial charge in [0, 0.05) is 4.47 Å². The molecule has 0 aliphatic rings. The molecular formula is C15H12BrN. The van der Waals surface area contributed by atoms with Crippen molar-refractivity contribution in [2.24, 2.45) is 0 Å². The van der Waals surface area contributed by atoms with Crippen molar-refractivity contribution >= 4 is 15.9 Å². The summed E-state index contributed by atoms with van der Waals surface area (Å²) in [7, 11) is 0. The van der Waals surface area contributed by atoms with Crippen LogP contribution in [0.25, 0.3) is 0 Å². The van der Waals surface area contributed by atoms with Gasteiger partial charge in [-0.05, 0) is 29.7 Å². The normalized spacial score (nSPS) is 11.8. The summed E-state index contributed by atoms with van der Waals surface area (Å²) in [5.74, 6) is -0.0782. The lowest BCUT2D eigenvalue weighted by atomic mass is 9.93. The molecule has 2 rings (SSSR count). The molecule has 0 saturated heterocycles. The Morgan fingerprint density at radius 1 is 1.00 bits per heavy atom. The Labute approximate surface area is 110 Å². The lowest BCUT2D eigenvalue weighted by molar-refractivity contribution is 0.849. The van der Waals surface area contributed by atoms with E-state index >= 15 is 0 Å². The Hall–Kier alpha value is -1.59. The molecule has 0 spiro atoms. The van der Waals surface area contributed by atoms with E-state index in [-0.39, 0.29) is 5.92 Å². The minimum absolute atomic E-state index is 0.0782. The molecule has 1 unspecified atom stereocenters. The Morgan fingerprint density at radius 2 is 1.65 bits per heavy atom. The highest BCUT2D eigenvalue weighted by Crippen LogP contribution is 2.22.